The summed E-state index contributed by atoms with van der Waals surface area (Å²) in [6.45, 7) is 9.16. The van der Waals surface area contributed by atoms with Gasteiger partial charge in [-0.1, -0.05) is 48.0 Å². The second-order valence-corrected chi connectivity index (χ2v) is 11.1. The molecule has 1 saturated heterocycles. The van der Waals surface area contributed by atoms with Gasteiger partial charge in [0, 0.05) is 43.7 Å². The predicted octanol–water partition coefficient (Wildman–Crippen LogP) is 7.06. The van der Waals surface area contributed by atoms with Crippen molar-refractivity contribution in [1.82, 2.24) is 9.80 Å². The zero-order valence-corrected chi connectivity index (χ0v) is 23.1. The lowest BCUT2D eigenvalue weighted by atomic mass is 10.1. The summed E-state index contributed by atoms with van der Waals surface area (Å²) in [5.41, 5.74) is 3.26. The number of hydrogen-bond acceptors (Lipinski definition) is 5. The van der Waals surface area contributed by atoms with E-state index in [1.807, 2.05) is 63.2 Å². The Hall–Kier alpha value is -3.81. The van der Waals surface area contributed by atoms with Gasteiger partial charge in [-0.2, -0.15) is 0 Å². The van der Waals surface area contributed by atoms with Crippen LogP contribution in [0.2, 0.25) is 5.02 Å². The van der Waals surface area contributed by atoms with Crippen molar-refractivity contribution in [3.8, 4) is 11.3 Å². The molecule has 5 rings (SSSR count). The Bertz CT molecular complexity index is 1500. The first-order chi connectivity index (χ1) is 18.7. The van der Waals surface area contributed by atoms with Crippen LogP contribution in [0, 0.1) is 0 Å². The van der Waals surface area contributed by atoms with Crippen LogP contribution in [-0.4, -0.2) is 53.6 Å². The lowest BCUT2D eigenvalue weighted by Gasteiger charge is -2.35. The minimum absolute atomic E-state index is 0.260. The largest absolute Gasteiger partial charge is 0.456 e. The highest BCUT2D eigenvalue weighted by molar-refractivity contribution is 6.34. The van der Waals surface area contributed by atoms with E-state index in [1.54, 1.807) is 29.2 Å². The average molecular weight is 546 g/mol. The Morgan fingerprint density at radius 2 is 1.67 bits per heavy atom. The van der Waals surface area contributed by atoms with Crippen LogP contribution in [0.3, 0.4) is 0 Å². The van der Waals surface area contributed by atoms with Gasteiger partial charge < -0.3 is 19.4 Å². The number of fused-ring (bicyclic) bond motifs is 1. The van der Waals surface area contributed by atoms with Crippen LogP contribution in [0.5, 0.6) is 0 Å². The van der Waals surface area contributed by atoms with Gasteiger partial charge in [0.25, 0.3) is 5.91 Å². The average Bonchev–Trinajstić information content (AvgIpc) is 3.34. The van der Waals surface area contributed by atoms with Crippen molar-refractivity contribution in [1.29, 1.82) is 0 Å². The number of furan rings is 1. The second-order valence-electron chi connectivity index (χ2n) is 10.7. The highest BCUT2D eigenvalue weighted by Gasteiger charge is 2.26. The summed E-state index contributed by atoms with van der Waals surface area (Å²) >= 11 is 6.23. The van der Waals surface area contributed by atoms with E-state index >= 15 is 0 Å². The number of para-hydroxylation sites is 1. The third kappa shape index (κ3) is 6.27. The standard InChI is InChI=1S/C31H32ClN3O4/c1-31(2,3)39-30(37)35-17-15-34(16-18-35)20-21-9-8-14-27-24(21)19-28(38-27)23-11-5-7-13-26(23)33-29(36)22-10-4-6-12-25(22)32/h4-14,19H,15-18,20H2,1-3H3,(H,33,36). The smallest absolute Gasteiger partial charge is 0.410 e. The van der Waals surface area contributed by atoms with Crippen LogP contribution in [-0.2, 0) is 11.3 Å². The van der Waals surface area contributed by atoms with Crippen LogP contribution in [0.1, 0.15) is 36.7 Å². The molecule has 1 aliphatic heterocycles. The zero-order valence-electron chi connectivity index (χ0n) is 22.4. The summed E-state index contributed by atoms with van der Waals surface area (Å²) in [6, 6.07) is 22.6. The number of anilines is 1. The molecule has 2 amide bonds. The topological polar surface area (TPSA) is 75.0 Å². The van der Waals surface area contributed by atoms with Gasteiger partial charge in [-0.15, -0.1) is 0 Å². The van der Waals surface area contributed by atoms with Crippen molar-refractivity contribution in [2.75, 3.05) is 31.5 Å². The first kappa shape index (κ1) is 26.8. The number of benzene rings is 3. The van der Waals surface area contributed by atoms with E-state index in [0.717, 1.165) is 41.7 Å². The van der Waals surface area contributed by atoms with Crippen molar-refractivity contribution in [3.05, 3.63) is 88.9 Å². The molecule has 3 aromatic carbocycles. The highest BCUT2D eigenvalue weighted by atomic mass is 35.5. The number of carbonyl (C=O) groups excluding carboxylic acids is 2. The van der Waals surface area contributed by atoms with E-state index in [4.69, 9.17) is 20.8 Å². The Morgan fingerprint density at radius 1 is 0.949 bits per heavy atom. The molecule has 1 aromatic heterocycles. The van der Waals surface area contributed by atoms with Crippen molar-refractivity contribution in [3.63, 3.8) is 0 Å². The number of amides is 2. The molecule has 2 heterocycles. The summed E-state index contributed by atoms with van der Waals surface area (Å²) in [5.74, 6) is 0.387. The van der Waals surface area contributed by atoms with Crippen molar-refractivity contribution < 1.29 is 18.7 Å². The normalized spacial score (nSPS) is 14.4. The maximum absolute atomic E-state index is 12.9. The van der Waals surface area contributed by atoms with Gasteiger partial charge in [-0.3, -0.25) is 9.69 Å². The second kappa shape index (κ2) is 11.1. The summed E-state index contributed by atoms with van der Waals surface area (Å²) in [4.78, 5) is 29.5. The quantitative estimate of drug-likeness (QED) is 0.290. The fourth-order valence-corrected chi connectivity index (χ4v) is 4.91. The van der Waals surface area contributed by atoms with Crippen molar-refractivity contribution >= 4 is 40.3 Å². The molecule has 0 aliphatic carbocycles. The van der Waals surface area contributed by atoms with E-state index in [1.165, 1.54) is 0 Å². The van der Waals surface area contributed by atoms with Crippen molar-refractivity contribution in [2.45, 2.75) is 32.9 Å². The van der Waals surface area contributed by atoms with E-state index in [-0.39, 0.29) is 12.0 Å². The molecule has 0 radical (unpaired) electrons. The molecule has 1 aliphatic rings. The van der Waals surface area contributed by atoms with Crippen LogP contribution in [0.4, 0.5) is 10.5 Å². The fraction of sp³-hybridized carbons (Fsp3) is 0.290. The summed E-state index contributed by atoms with van der Waals surface area (Å²) in [6.07, 6.45) is -0.260. The molecule has 0 unspecified atom stereocenters. The molecule has 0 bridgehead atoms. The zero-order chi connectivity index (χ0) is 27.6. The fourth-order valence-electron chi connectivity index (χ4n) is 4.69. The Morgan fingerprint density at radius 3 is 2.41 bits per heavy atom. The van der Waals surface area contributed by atoms with Gasteiger partial charge in [0.05, 0.1) is 16.3 Å². The first-order valence-corrected chi connectivity index (χ1v) is 13.4. The molecule has 4 aromatic rings. The summed E-state index contributed by atoms with van der Waals surface area (Å²) in [5, 5.41) is 4.40. The van der Waals surface area contributed by atoms with E-state index in [9.17, 15) is 9.59 Å². The highest BCUT2D eigenvalue weighted by Crippen LogP contribution is 2.35. The molecule has 202 valence electrons. The maximum Gasteiger partial charge on any atom is 0.410 e. The minimum atomic E-state index is -0.501. The molecule has 39 heavy (non-hydrogen) atoms. The van der Waals surface area contributed by atoms with Gasteiger partial charge in [0.15, 0.2) is 0 Å². The molecular formula is C31H32ClN3O4. The maximum atomic E-state index is 12.9. The van der Waals surface area contributed by atoms with E-state index in [0.29, 0.717) is 35.1 Å². The van der Waals surface area contributed by atoms with Gasteiger partial charge in [0.2, 0.25) is 0 Å². The van der Waals surface area contributed by atoms with Crippen LogP contribution < -0.4 is 5.32 Å². The van der Waals surface area contributed by atoms with E-state index < -0.39 is 5.60 Å². The van der Waals surface area contributed by atoms with Crippen LogP contribution in [0.25, 0.3) is 22.3 Å². The third-order valence-corrected chi connectivity index (χ3v) is 6.96. The Labute approximate surface area is 233 Å². The third-order valence-electron chi connectivity index (χ3n) is 6.63. The number of rotatable bonds is 5. The number of ether oxygens (including phenoxy) is 1. The molecule has 7 nitrogen and oxygen atoms in total. The lowest BCUT2D eigenvalue weighted by Crippen LogP contribution is -2.49. The number of carbonyl (C=O) groups is 2. The summed E-state index contributed by atoms with van der Waals surface area (Å²) < 4.78 is 11.8. The Kier molecular flexibility index (Phi) is 7.64. The number of piperazine rings is 1. The Balaban J connectivity index is 1.32. The molecule has 8 heteroatoms. The van der Waals surface area contributed by atoms with Gasteiger partial charge in [-0.05, 0) is 62.7 Å². The molecule has 1 N–H and O–H groups in total. The minimum Gasteiger partial charge on any atom is -0.456 e. The first-order valence-electron chi connectivity index (χ1n) is 13.0. The molecular weight excluding hydrogens is 514 g/mol. The number of nitrogens with one attached hydrogen (secondary N) is 1. The van der Waals surface area contributed by atoms with E-state index in [2.05, 4.69) is 16.3 Å². The predicted molar refractivity (Wildman–Crippen MR) is 154 cm³/mol. The summed E-state index contributed by atoms with van der Waals surface area (Å²) in [7, 11) is 0. The van der Waals surface area contributed by atoms with Crippen LogP contribution >= 0.6 is 11.6 Å². The number of halogens is 1. The molecule has 0 atom stereocenters. The SMILES string of the molecule is CC(C)(C)OC(=O)N1CCN(Cc2cccc3oc(-c4ccccc4NC(=O)c4ccccc4Cl)cc23)CC1. The molecule has 0 spiro atoms. The van der Waals surface area contributed by atoms with Gasteiger partial charge in [0.1, 0.15) is 16.9 Å². The molecule has 0 saturated carbocycles. The van der Waals surface area contributed by atoms with Crippen LogP contribution in [0.15, 0.2) is 77.2 Å². The van der Waals surface area contributed by atoms with Crippen molar-refractivity contribution in [2.24, 2.45) is 0 Å². The van der Waals surface area contributed by atoms with Gasteiger partial charge >= 0.3 is 6.09 Å². The lowest BCUT2D eigenvalue weighted by molar-refractivity contribution is 0.0139. The monoisotopic (exact) mass is 545 g/mol. The van der Waals surface area contributed by atoms with Gasteiger partial charge in [-0.25, -0.2) is 4.79 Å². The number of hydrogen-bond donors (Lipinski definition) is 1. The number of nitrogens with zero attached hydrogens (tertiary/aromatic N) is 2. The molecule has 1 fully saturated rings.